The van der Waals surface area contributed by atoms with Crippen molar-refractivity contribution in [1.29, 1.82) is 0 Å². The SMILES string of the molecule is CS(=O)(=O)c1ccc(C(=O)Nc2ccccc2OCc2cscn2)cc1. The van der Waals surface area contributed by atoms with E-state index in [0.29, 0.717) is 23.6 Å². The van der Waals surface area contributed by atoms with Crippen LogP contribution in [0, 0.1) is 0 Å². The highest BCUT2D eigenvalue weighted by atomic mass is 32.2. The molecule has 0 radical (unpaired) electrons. The number of sulfone groups is 1. The molecule has 2 aromatic carbocycles. The van der Waals surface area contributed by atoms with Crippen molar-refractivity contribution in [3.05, 3.63) is 70.7 Å². The van der Waals surface area contributed by atoms with Gasteiger partial charge in [-0.1, -0.05) is 12.1 Å². The lowest BCUT2D eigenvalue weighted by Crippen LogP contribution is -2.13. The molecule has 0 saturated carbocycles. The summed E-state index contributed by atoms with van der Waals surface area (Å²) in [5, 5.41) is 4.68. The van der Waals surface area contributed by atoms with Gasteiger partial charge in [-0.15, -0.1) is 11.3 Å². The molecule has 0 fully saturated rings. The maximum Gasteiger partial charge on any atom is 0.255 e. The highest BCUT2D eigenvalue weighted by Crippen LogP contribution is 2.25. The van der Waals surface area contributed by atoms with Crippen LogP contribution in [0.1, 0.15) is 16.1 Å². The van der Waals surface area contributed by atoms with Gasteiger partial charge in [0, 0.05) is 17.2 Å². The fraction of sp³-hybridized carbons (Fsp3) is 0.111. The van der Waals surface area contributed by atoms with Crippen molar-refractivity contribution < 1.29 is 17.9 Å². The van der Waals surface area contributed by atoms with Crippen molar-refractivity contribution in [2.45, 2.75) is 11.5 Å². The Hall–Kier alpha value is -2.71. The van der Waals surface area contributed by atoms with Crippen LogP contribution in [0.25, 0.3) is 0 Å². The molecule has 0 unspecified atom stereocenters. The first-order valence-corrected chi connectivity index (χ1v) is 10.5. The number of carbonyl (C=O) groups is 1. The number of thiazole rings is 1. The second kappa shape index (κ2) is 7.67. The van der Waals surface area contributed by atoms with Gasteiger partial charge in [-0.2, -0.15) is 0 Å². The number of aromatic nitrogens is 1. The summed E-state index contributed by atoms with van der Waals surface area (Å²) in [6, 6.07) is 12.9. The molecule has 0 saturated heterocycles. The second-order valence-corrected chi connectivity index (χ2v) is 8.25. The molecule has 1 N–H and O–H groups in total. The Morgan fingerprint density at radius 3 is 2.54 bits per heavy atom. The summed E-state index contributed by atoms with van der Waals surface area (Å²) in [5.41, 5.74) is 3.42. The highest BCUT2D eigenvalue weighted by Gasteiger charge is 2.12. The number of anilines is 1. The van der Waals surface area contributed by atoms with E-state index in [-0.39, 0.29) is 10.8 Å². The first-order valence-electron chi connectivity index (χ1n) is 7.64. The first-order chi connectivity index (χ1) is 12.4. The molecule has 0 spiro atoms. The van der Waals surface area contributed by atoms with Crippen molar-refractivity contribution in [1.82, 2.24) is 4.98 Å². The molecule has 1 aromatic heterocycles. The Kier molecular flexibility index (Phi) is 5.34. The number of rotatable bonds is 6. The third kappa shape index (κ3) is 4.47. The van der Waals surface area contributed by atoms with E-state index in [1.54, 1.807) is 23.7 Å². The van der Waals surface area contributed by atoms with Gasteiger partial charge in [-0.25, -0.2) is 13.4 Å². The third-order valence-corrected chi connectivity index (χ3v) is 5.30. The van der Waals surface area contributed by atoms with Gasteiger partial charge in [0.05, 0.1) is 21.8 Å². The predicted molar refractivity (Wildman–Crippen MR) is 100 cm³/mol. The van der Waals surface area contributed by atoms with Gasteiger partial charge in [-0.3, -0.25) is 4.79 Å². The van der Waals surface area contributed by atoms with Crippen molar-refractivity contribution >= 4 is 32.8 Å². The molecule has 0 aliphatic rings. The van der Waals surface area contributed by atoms with Crippen LogP contribution in [0.15, 0.2) is 64.3 Å². The zero-order valence-electron chi connectivity index (χ0n) is 13.9. The average Bonchev–Trinajstić information content (AvgIpc) is 3.14. The van der Waals surface area contributed by atoms with Gasteiger partial charge in [0.15, 0.2) is 9.84 Å². The molecule has 8 heteroatoms. The lowest BCUT2D eigenvalue weighted by molar-refractivity contribution is 0.102. The predicted octanol–water partition coefficient (Wildman–Crippen LogP) is 3.38. The number of carbonyl (C=O) groups excluding carboxylic acids is 1. The number of ether oxygens (including phenoxy) is 1. The van der Waals surface area contributed by atoms with E-state index in [0.717, 1.165) is 11.9 Å². The number of hydrogen-bond acceptors (Lipinski definition) is 6. The zero-order valence-corrected chi connectivity index (χ0v) is 15.5. The minimum atomic E-state index is -3.30. The molecule has 134 valence electrons. The minimum Gasteiger partial charge on any atom is -0.485 e. The summed E-state index contributed by atoms with van der Waals surface area (Å²) >= 11 is 1.49. The first kappa shape index (κ1) is 18.1. The molecule has 3 rings (SSSR count). The summed E-state index contributed by atoms with van der Waals surface area (Å²) in [4.78, 5) is 16.8. The van der Waals surface area contributed by atoms with Crippen LogP contribution >= 0.6 is 11.3 Å². The second-order valence-electron chi connectivity index (χ2n) is 5.52. The average molecular weight is 388 g/mol. The Balaban J connectivity index is 1.73. The standard InChI is InChI=1S/C18H16N2O4S2/c1-26(22,23)15-8-6-13(7-9-15)18(21)20-16-4-2-3-5-17(16)24-10-14-11-25-12-19-14/h2-9,11-12H,10H2,1H3,(H,20,21). The van der Waals surface area contributed by atoms with E-state index in [1.165, 1.54) is 35.6 Å². The highest BCUT2D eigenvalue weighted by molar-refractivity contribution is 7.90. The molecule has 26 heavy (non-hydrogen) atoms. The molecule has 0 bridgehead atoms. The molecular weight excluding hydrogens is 372 g/mol. The summed E-state index contributed by atoms with van der Waals surface area (Å²) in [6.45, 7) is 0.305. The van der Waals surface area contributed by atoms with Gasteiger partial charge < -0.3 is 10.1 Å². The van der Waals surface area contributed by atoms with Crippen LogP contribution in [0.5, 0.6) is 5.75 Å². The maximum absolute atomic E-state index is 12.4. The van der Waals surface area contributed by atoms with Gasteiger partial charge >= 0.3 is 0 Å². The quantitative estimate of drug-likeness (QED) is 0.700. The van der Waals surface area contributed by atoms with Crippen molar-refractivity contribution in [3.8, 4) is 5.75 Å². The minimum absolute atomic E-state index is 0.168. The fourth-order valence-corrected chi connectivity index (χ4v) is 3.38. The lowest BCUT2D eigenvalue weighted by Gasteiger charge is -2.12. The lowest BCUT2D eigenvalue weighted by atomic mass is 10.2. The van der Waals surface area contributed by atoms with Crippen LogP contribution in [-0.4, -0.2) is 25.6 Å². The fourth-order valence-electron chi connectivity index (χ4n) is 2.20. The number of nitrogens with one attached hydrogen (secondary N) is 1. The van der Waals surface area contributed by atoms with E-state index in [1.807, 2.05) is 11.4 Å². The Morgan fingerprint density at radius 2 is 1.88 bits per heavy atom. The van der Waals surface area contributed by atoms with Crippen molar-refractivity contribution in [2.75, 3.05) is 11.6 Å². The Morgan fingerprint density at radius 1 is 1.15 bits per heavy atom. The van der Waals surface area contributed by atoms with E-state index in [9.17, 15) is 13.2 Å². The van der Waals surface area contributed by atoms with Crippen LogP contribution in [0.2, 0.25) is 0 Å². The number of para-hydroxylation sites is 2. The van der Waals surface area contributed by atoms with Crippen molar-refractivity contribution in [2.24, 2.45) is 0 Å². The van der Waals surface area contributed by atoms with Gasteiger partial charge in [0.25, 0.3) is 5.91 Å². The molecule has 0 aliphatic carbocycles. The largest absolute Gasteiger partial charge is 0.485 e. The number of benzene rings is 2. The molecular formula is C18H16N2O4S2. The van der Waals surface area contributed by atoms with Crippen LogP contribution in [0.4, 0.5) is 5.69 Å². The maximum atomic E-state index is 12.4. The smallest absolute Gasteiger partial charge is 0.255 e. The van der Waals surface area contributed by atoms with E-state index < -0.39 is 9.84 Å². The molecule has 1 heterocycles. The van der Waals surface area contributed by atoms with E-state index in [4.69, 9.17) is 4.74 Å². The molecule has 3 aromatic rings. The van der Waals surface area contributed by atoms with Crippen LogP contribution < -0.4 is 10.1 Å². The Bertz CT molecular complexity index is 998. The number of amides is 1. The molecule has 6 nitrogen and oxygen atoms in total. The van der Waals surface area contributed by atoms with Gasteiger partial charge in [-0.05, 0) is 36.4 Å². The van der Waals surface area contributed by atoms with Crippen LogP contribution in [0.3, 0.4) is 0 Å². The topological polar surface area (TPSA) is 85.4 Å². The molecule has 1 amide bonds. The zero-order chi connectivity index (χ0) is 18.6. The molecule has 0 atom stereocenters. The monoisotopic (exact) mass is 388 g/mol. The third-order valence-electron chi connectivity index (χ3n) is 3.54. The van der Waals surface area contributed by atoms with E-state index >= 15 is 0 Å². The van der Waals surface area contributed by atoms with Gasteiger partial charge in [0.1, 0.15) is 12.4 Å². The summed E-state index contributed by atoms with van der Waals surface area (Å²) in [6.07, 6.45) is 1.12. The number of hydrogen-bond donors (Lipinski definition) is 1. The normalized spacial score (nSPS) is 11.1. The summed E-state index contributed by atoms with van der Waals surface area (Å²) in [7, 11) is -3.30. The Labute approximate surface area is 155 Å². The molecule has 0 aliphatic heterocycles. The van der Waals surface area contributed by atoms with Crippen LogP contribution in [-0.2, 0) is 16.4 Å². The number of nitrogens with zero attached hydrogens (tertiary/aromatic N) is 1. The van der Waals surface area contributed by atoms with E-state index in [2.05, 4.69) is 10.3 Å². The summed E-state index contributed by atoms with van der Waals surface area (Å²) < 4.78 is 28.7. The summed E-state index contributed by atoms with van der Waals surface area (Å²) in [5.74, 6) is 0.177. The van der Waals surface area contributed by atoms with Gasteiger partial charge in [0.2, 0.25) is 0 Å². The van der Waals surface area contributed by atoms with Crippen molar-refractivity contribution in [3.63, 3.8) is 0 Å².